The summed E-state index contributed by atoms with van der Waals surface area (Å²) < 4.78 is 0. The minimum atomic E-state index is -0.160. The third kappa shape index (κ3) is 1.77. The molecule has 2 N–H and O–H groups in total. The average molecular weight is 270 g/mol. The molecule has 0 aromatic carbocycles. The van der Waals surface area contributed by atoms with Crippen molar-refractivity contribution in [3.63, 3.8) is 0 Å². The zero-order valence-electron chi connectivity index (χ0n) is 11.2. The van der Waals surface area contributed by atoms with Crippen LogP contribution in [0.15, 0.2) is 18.5 Å². The largest absolute Gasteiger partial charge is 0.355 e. The molecule has 1 aliphatic carbocycles. The van der Waals surface area contributed by atoms with Crippen LogP contribution in [0.2, 0.25) is 0 Å². The summed E-state index contributed by atoms with van der Waals surface area (Å²) in [5.74, 6) is -0.234. The van der Waals surface area contributed by atoms with Crippen LogP contribution in [0, 0.1) is 0 Å². The van der Waals surface area contributed by atoms with Crippen molar-refractivity contribution >= 4 is 17.9 Å². The zero-order valence-corrected chi connectivity index (χ0v) is 11.2. The van der Waals surface area contributed by atoms with Gasteiger partial charge in [0.15, 0.2) is 0 Å². The van der Waals surface area contributed by atoms with Gasteiger partial charge in [-0.05, 0) is 17.7 Å². The summed E-state index contributed by atoms with van der Waals surface area (Å²) in [4.78, 5) is 25.2. The molecular formula is C14H14N4O2. The van der Waals surface area contributed by atoms with E-state index in [2.05, 4.69) is 15.5 Å². The van der Waals surface area contributed by atoms with Crippen LogP contribution in [0.5, 0.6) is 0 Å². The number of nitrogens with zero attached hydrogens (tertiary/aromatic N) is 2. The number of carbonyl (C=O) groups excluding carboxylic acids is 2. The summed E-state index contributed by atoms with van der Waals surface area (Å²) in [5.41, 5.74) is 3.98. The molecule has 0 atom stereocenters. The van der Waals surface area contributed by atoms with Gasteiger partial charge in [0.2, 0.25) is 5.91 Å². The maximum Gasteiger partial charge on any atom is 0.251 e. The number of H-pyrrole nitrogens is 1. The number of hydrogen-bond acceptors (Lipinski definition) is 3. The molecule has 0 aromatic heterocycles. The van der Waals surface area contributed by atoms with Crippen molar-refractivity contribution in [2.24, 2.45) is 0 Å². The Kier molecular flexibility index (Phi) is 2.78. The SMILES string of the molecule is CNC(=O)c1cc2c[nH]nc3c-2c1CN(C(C)=O)C=C3. The molecule has 102 valence electrons. The Balaban J connectivity index is 2.24. The normalized spacial score (nSPS) is 13.4. The number of aromatic amines is 1. The second kappa shape index (κ2) is 4.48. The Morgan fingerprint density at radius 1 is 1.45 bits per heavy atom. The highest BCUT2D eigenvalue weighted by Crippen LogP contribution is 2.36. The first-order valence-electron chi connectivity index (χ1n) is 6.28. The monoisotopic (exact) mass is 270 g/mol. The van der Waals surface area contributed by atoms with E-state index >= 15 is 0 Å². The maximum absolute atomic E-state index is 12.0. The van der Waals surface area contributed by atoms with Crippen LogP contribution in [-0.4, -0.2) is 34.0 Å². The third-order valence-electron chi connectivity index (χ3n) is 3.49. The lowest BCUT2D eigenvalue weighted by atomic mass is 10.1. The van der Waals surface area contributed by atoms with E-state index in [0.29, 0.717) is 12.1 Å². The maximum atomic E-state index is 12.0. The summed E-state index contributed by atoms with van der Waals surface area (Å²) in [5, 5.41) is 9.66. The Morgan fingerprint density at radius 3 is 2.95 bits per heavy atom. The summed E-state index contributed by atoms with van der Waals surface area (Å²) in [7, 11) is 1.59. The fourth-order valence-corrected chi connectivity index (χ4v) is 2.49. The van der Waals surface area contributed by atoms with Gasteiger partial charge in [-0.15, -0.1) is 0 Å². The second-order valence-electron chi connectivity index (χ2n) is 4.68. The highest BCUT2D eigenvalue weighted by Gasteiger charge is 2.26. The first-order valence-corrected chi connectivity index (χ1v) is 6.28. The van der Waals surface area contributed by atoms with Crippen molar-refractivity contribution in [1.29, 1.82) is 0 Å². The van der Waals surface area contributed by atoms with E-state index < -0.39 is 0 Å². The fourth-order valence-electron chi connectivity index (χ4n) is 2.49. The van der Waals surface area contributed by atoms with Gasteiger partial charge in [-0.3, -0.25) is 14.7 Å². The lowest BCUT2D eigenvalue weighted by Crippen LogP contribution is -2.24. The lowest BCUT2D eigenvalue weighted by Gasteiger charge is -2.15. The molecule has 6 heteroatoms. The minimum Gasteiger partial charge on any atom is -0.355 e. The van der Waals surface area contributed by atoms with E-state index in [9.17, 15) is 9.59 Å². The molecule has 0 saturated carbocycles. The quantitative estimate of drug-likeness (QED) is 0.817. The van der Waals surface area contributed by atoms with E-state index in [1.807, 2.05) is 6.07 Å². The van der Waals surface area contributed by atoms with E-state index in [-0.39, 0.29) is 11.8 Å². The molecule has 0 spiro atoms. The van der Waals surface area contributed by atoms with Crippen LogP contribution >= 0.6 is 0 Å². The van der Waals surface area contributed by atoms with Gasteiger partial charge in [-0.25, -0.2) is 0 Å². The minimum absolute atomic E-state index is 0.0738. The van der Waals surface area contributed by atoms with Gasteiger partial charge in [0.1, 0.15) is 0 Å². The van der Waals surface area contributed by atoms with Gasteiger partial charge in [0, 0.05) is 43.1 Å². The molecule has 0 radical (unpaired) electrons. The van der Waals surface area contributed by atoms with Crippen LogP contribution in [0.1, 0.15) is 28.5 Å². The molecule has 3 aliphatic rings. The van der Waals surface area contributed by atoms with Crippen LogP contribution in [-0.2, 0) is 11.3 Å². The second-order valence-corrected chi connectivity index (χ2v) is 4.68. The van der Waals surface area contributed by atoms with Crippen LogP contribution < -0.4 is 5.32 Å². The predicted octanol–water partition coefficient (Wildman–Crippen LogP) is 1.21. The summed E-state index contributed by atoms with van der Waals surface area (Å²) in [6.07, 6.45) is 5.24. The van der Waals surface area contributed by atoms with Gasteiger partial charge in [-0.2, -0.15) is 5.10 Å². The summed E-state index contributed by atoms with van der Waals surface area (Å²) in [6, 6.07) is 1.82. The van der Waals surface area contributed by atoms with E-state index in [4.69, 9.17) is 0 Å². The van der Waals surface area contributed by atoms with Gasteiger partial charge in [0.25, 0.3) is 5.91 Å². The van der Waals surface area contributed by atoms with Crippen molar-refractivity contribution in [2.75, 3.05) is 7.05 Å². The molecule has 0 unspecified atom stereocenters. The van der Waals surface area contributed by atoms with Crippen molar-refractivity contribution in [1.82, 2.24) is 20.4 Å². The number of aromatic nitrogens is 2. The van der Waals surface area contributed by atoms with Crippen molar-refractivity contribution in [3.8, 4) is 11.1 Å². The third-order valence-corrected chi connectivity index (χ3v) is 3.49. The standard InChI is InChI=1S/C14H14N4O2/c1-8(19)18-4-3-12-13-9(6-16-17-12)5-10(11(13)7-18)14(20)15-2/h3-6,16H,7H2,1-2H3,(H,15,20). The summed E-state index contributed by atoms with van der Waals surface area (Å²) in [6.45, 7) is 1.87. The Labute approximate surface area is 115 Å². The van der Waals surface area contributed by atoms with Crippen LogP contribution in [0.4, 0.5) is 0 Å². The Hall–Kier alpha value is -2.63. The van der Waals surface area contributed by atoms with Crippen LogP contribution in [0.25, 0.3) is 17.2 Å². The summed E-state index contributed by atoms with van der Waals surface area (Å²) >= 11 is 0. The number of nitrogens with one attached hydrogen (secondary N) is 2. The van der Waals surface area contributed by atoms with Gasteiger partial charge < -0.3 is 10.2 Å². The Morgan fingerprint density at radius 2 is 2.25 bits per heavy atom. The van der Waals surface area contributed by atoms with Crippen molar-refractivity contribution in [2.45, 2.75) is 13.5 Å². The van der Waals surface area contributed by atoms with Crippen molar-refractivity contribution < 1.29 is 9.59 Å². The van der Waals surface area contributed by atoms with Gasteiger partial charge in [0.05, 0.1) is 12.2 Å². The molecule has 6 nitrogen and oxygen atoms in total. The number of hydrogen-bond donors (Lipinski definition) is 2. The Bertz CT molecular complexity index is 701. The molecule has 0 bridgehead atoms. The molecule has 3 rings (SSSR count). The lowest BCUT2D eigenvalue weighted by molar-refractivity contribution is -0.126. The van der Waals surface area contributed by atoms with E-state index in [1.165, 1.54) is 6.92 Å². The highest BCUT2D eigenvalue weighted by molar-refractivity contribution is 6.01. The first-order chi connectivity index (χ1) is 9.61. The number of amides is 2. The number of carbonyl (C=O) groups is 2. The molecule has 2 aliphatic heterocycles. The average Bonchev–Trinajstić information content (AvgIpc) is 2.68. The topological polar surface area (TPSA) is 78.1 Å². The number of rotatable bonds is 1. The fraction of sp³-hybridized carbons (Fsp3) is 0.214. The molecule has 2 heterocycles. The molecule has 20 heavy (non-hydrogen) atoms. The van der Waals surface area contributed by atoms with Gasteiger partial charge >= 0.3 is 0 Å². The molecular weight excluding hydrogens is 256 g/mol. The van der Waals surface area contributed by atoms with Crippen molar-refractivity contribution in [3.05, 3.63) is 35.3 Å². The zero-order chi connectivity index (χ0) is 14.3. The predicted molar refractivity (Wildman–Crippen MR) is 73.9 cm³/mol. The first kappa shape index (κ1) is 12.4. The molecule has 0 aromatic rings. The van der Waals surface area contributed by atoms with Gasteiger partial charge in [-0.1, -0.05) is 0 Å². The molecule has 2 amide bonds. The van der Waals surface area contributed by atoms with Crippen LogP contribution in [0.3, 0.4) is 0 Å². The van der Waals surface area contributed by atoms with E-state index in [0.717, 1.165) is 22.4 Å². The highest BCUT2D eigenvalue weighted by atomic mass is 16.2. The van der Waals surface area contributed by atoms with E-state index in [1.54, 1.807) is 30.4 Å². The molecule has 0 fully saturated rings. The molecule has 0 saturated heterocycles. The smallest absolute Gasteiger partial charge is 0.251 e.